The first-order chi connectivity index (χ1) is 9.83. The molecule has 0 heterocycles. The van der Waals surface area contributed by atoms with Crippen LogP contribution in [0.25, 0.3) is 0 Å². The van der Waals surface area contributed by atoms with E-state index in [9.17, 15) is 0 Å². The molecule has 0 bridgehead atoms. The van der Waals surface area contributed by atoms with Crippen LogP contribution in [-0.2, 0) is 11.4 Å². The molecule has 0 unspecified atom stereocenters. The number of ether oxygens (including phenoxy) is 1. The molecule has 4 nitrogen and oxygen atoms in total. The summed E-state index contributed by atoms with van der Waals surface area (Å²) in [5.74, 6) is 0.829. The first kappa shape index (κ1) is 13.6. The second-order valence-corrected chi connectivity index (χ2v) is 4.03. The van der Waals surface area contributed by atoms with Crippen LogP contribution in [0.2, 0.25) is 0 Å². The molecule has 0 saturated heterocycles. The van der Waals surface area contributed by atoms with Crippen LogP contribution >= 0.6 is 0 Å². The standard InChI is InChI=1S/C16H14N2O2/c1-19-18-16(11-17)14-9-7-13(8-10-14)12-20-15-5-3-2-4-6-15/h2-10H,12H2,1H3/b18-16-. The number of para-hydroxylation sites is 1. The van der Waals surface area contributed by atoms with Gasteiger partial charge in [-0.25, -0.2) is 0 Å². The van der Waals surface area contributed by atoms with Crippen molar-refractivity contribution in [1.82, 2.24) is 0 Å². The lowest BCUT2D eigenvalue weighted by atomic mass is 10.1. The van der Waals surface area contributed by atoms with E-state index in [0.717, 1.165) is 16.9 Å². The van der Waals surface area contributed by atoms with Crippen molar-refractivity contribution in [2.75, 3.05) is 7.11 Å². The van der Waals surface area contributed by atoms with Crippen LogP contribution in [0.5, 0.6) is 5.75 Å². The number of nitrogens with zero attached hydrogens (tertiary/aromatic N) is 2. The third-order valence-corrected chi connectivity index (χ3v) is 2.66. The van der Waals surface area contributed by atoms with Crippen molar-refractivity contribution >= 4 is 5.71 Å². The van der Waals surface area contributed by atoms with Gasteiger partial charge in [-0.3, -0.25) is 0 Å². The molecule has 100 valence electrons. The molecule has 0 fully saturated rings. The summed E-state index contributed by atoms with van der Waals surface area (Å²) in [5.41, 5.74) is 1.99. The van der Waals surface area contributed by atoms with E-state index in [1.54, 1.807) is 0 Å². The molecule has 0 radical (unpaired) electrons. The number of hydrogen-bond acceptors (Lipinski definition) is 4. The van der Waals surface area contributed by atoms with Crippen molar-refractivity contribution < 1.29 is 9.57 Å². The van der Waals surface area contributed by atoms with Gasteiger partial charge in [-0.05, 0) is 17.7 Å². The lowest BCUT2D eigenvalue weighted by molar-refractivity contribution is 0.214. The molecule has 20 heavy (non-hydrogen) atoms. The minimum Gasteiger partial charge on any atom is -0.489 e. The summed E-state index contributed by atoms with van der Waals surface area (Å²) >= 11 is 0. The van der Waals surface area contributed by atoms with Gasteiger partial charge < -0.3 is 9.57 Å². The van der Waals surface area contributed by atoms with E-state index < -0.39 is 0 Å². The Balaban J connectivity index is 2.02. The highest BCUT2D eigenvalue weighted by atomic mass is 16.6. The molecule has 0 amide bonds. The number of benzene rings is 2. The van der Waals surface area contributed by atoms with Gasteiger partial charge in [0.25, 0.3) is 0 Å². The SMILES string of the molecule is CO/N=C(/C#N)c1ccc(COc2ccccc2)cc1. The lowest BCUT2D eigenvalue weighted by Gasteiger charge is -2.06. The van der Waals surface area contributed by atoms with E-state index in [4.69, 9.17) is 10.00 Å². The monoisotopic (exact) mass is 266 g/mol. The molecule has 2 aromatic carbocycles. The third-order valence-electron chi connectivity index (χ3n) is 2.66. The highest BCUT2D eigenvalue weighted by molar-refractivity contribution is 6.11. The van der Waals surface area contributed by atoms with E-state index in [-0.39, 0.29) is 5.71 Å². The summed E-state index contributed by atoms with van der Waals surface area (Å²) in [4.78, 5) is 4.63. The molecular formula is C16H14N2O2. The molecule has 0 saturated carbocycles. The van der Waals surface area contributed by atoms with E-state index in [1.807, 2.05) is 60.7 Å². The Kier molecular flexibility index (Phi) is 4.74. The normalized spacial score (nSPS) is 10.7. The first-order valence-electron chi connectivity index (χ1n) is 6.12. The van der Waals surface area contributed by atoms with Crippen molar-refractivity contribution in [2.24, 2.45) is 5.16 Å². The molecule has 2 rings (SSSR count). The summed E-state index contributed by atoms with van der Waals surface area (Å²) < 4.78 is 5.65. The molecule has 2 aromatic rings. The maximum Gasteiger partial charge on any atom is 0.186 e. The summed E-state index contributed by atoms with van der Waals surface area (Å²) in [5, 5.41) is 12.6. The minimum absolute atomic E-state index is 0.253. The van der Waals surface area contributed by atoms with Gasteiger partial charge >= 0.3 is 0 Å². The zero-order valence-electron chi connectivity index (χ0n) is 11.1. The smallest absolute Gasteiger partial charge is 0.186 e. The predicted octanol–water partition coefficient (Wildman–Crippen LogP) is 3.14. The van der Waals surface area contributed by atoms with E-state index in [2.05, 4.69) is 9.99 Å². The van der Waals surface area contributed by atoms with Gasteiger partial charge in [0.15, 0.2) is 5.71 Å². The molecular weight excluding hydrogens is 252 g/mol. The Morgan fingerprint density at radius 2 is 1.80 bits per heavy atom. The molecule has 0 aromatic heterocycles. The van der Waals surface area contributed by atoms with Crippen molar-refractivity contribution in [3.8, 4) is 11.8 Å². The fraction of sp³-hybridized carbons (Fsp3) is 0.125. The molecule has 0 spiro atoms. The molecule has 4 heteroatoms. The number of hydrogen-bond donors (Lipinski definition) is 0. The third kappa shape index (κ3) is 3.59. The Morgan fingerprint density at radius 1 is 1.10 bits per heavy atom. The quantitative estimate of drug-likeness (QED) is 0.617. The summed E-state index contributed by atoms with van der Waals surface area (Å²) in [6.07, 6.45) is 0. The topological polar surface area (TPSA) is 54.6 Å². The van der Waals surface area contributed by atoms with Gasteiger partial charge in [0.2, 0.25) is 0 Å². The summed E-state index contributed by atoms with van der Waals surface area (Å²) in [6.45, 7) is 0.480. The number of oxime groups is 1. The minimum atomic E-state index is 0.253. The highest BCUT2D eigenvalue weighted by Crippen LogP contribution is 2.12. The van der Waals surface area contributed by atoms with Crippen LogP contribution in [0.4, 0.5) is 0 Å². The van der Waals surface area contributed by atoms with Gasteiger partial charge in [0.05, 0.1) is 0 Å². The lowest BCUT2D eigenvalue weighted by Crippen LogP contribution is -2.00. The largest absolute Gasteiger partial charge is 0.489 e. The molecule has 0 atom stereocenters. The van der Waals surface area contributed by atoms with Crippen LogP contribution in [-0.4, -0.2) is 12.8 Å². The van der Waals surface area contributed by atoms with Crippen molar-refractivity contribution in [2.45, 2.75) is 6.61 Å². The van der Waals surface area contributed by atoms with Gasteiger partial charge in [-0.1, -0.05) is 47.6 Å². The molecule has 0 aliphatic heterocycles. The summed E-state index contributed by atoms with van der Waals surface area (Å²) in [7, 11) is 1.42. The maximum atomic E-state index is 8.95. The van der Waals surface area contributed by atoms with Crippen LogP contribution in [0.15, 0.2) is 59.8 Å². The Hall–Kier alpha value is -2.80. The van der Waals surface area contributed by atoms with Crippen LogP contribution in [0.3, 0.4) is 0 Å². The van der Waals surface area contributed by atoms with Crippen LogP contribution in [0, 0.1) is 11.3 Å². The Morgan fingerprint density at radius 3 is 2.40 bits per heavy atom. The Labute approximate surface area is 117 Å². The first-order valence-corrected chi connectivity index (χ1v) is 6.12. The molecule has 0 aliphatic rings. The van der Waals surface area contributed by atoms with Gasteiger partial charge in [0.1, 0.15) is 25.5 Å². The Bertz CT molecular complexity index is 613. The average molecular weight is 266 g/mol. The predicted molar refractivity (Wildman–Crippen MR) is 76.4 cm³/mol. The highest BCUT2D eigenvalue weighted by Gasteiger charge is 2.03. The van der Waals surface area contributed by atoms with Gasteiger partial charge in [-0.2, -0.15) is 5.26 Å². The van der Waals surface area contributed by atoms with Gasteiger partial charge in [0, 0.05) is 5.56 Å². The zero-order chi connectivity index (χ0) is 14.2. The van der Waals surface area contributed by atoms with Crippen molar-refractivity contribution in [3.05, 3.63) is 65.7 Å². The van der Waals surface area contributed by atoms with E-state index in [1.165, 1.54) is 7.11 Å². The second-order valence-electron chi connectivity index (χ2n) is 4.03. The van der Waals surface area contributed by atoms with Gasteiger partial charge in [-0.15, -0.1) is 0 Å². The van der Waals surface area contributed by atoms with Crippen LogP contribution < -0.4 is 4.74 Å². The van der Waals surface area contributed by atoms with E-state index in [0.29, 0.717) is 6.61 Å². The van der Waals surface area contributed by atoms with Crippen molar-refractivity contribution in [3.63, 3.8) is 0 Å². The van der Waals surface area contributed by atoms with Crippen molar-refractivity contribution in [1.29, 1.82) is 5.26 Å². The number of rotatable bonds is 5. The average Bonchev–Trinajstić information content (AvgIpc) is 2.52. The summed E-state index contributed by atoms with van der Waals surface area (Å²) in [6, 6.07) is 19.1. The molecule has 0 aliphatic carbocycles. The zero-order valence-corrected chi connectivity index (χ0v) is 11.1. The second kappa shape index (κ2) is 6.95. The fourth-order valence-corrected chi connectivity index (χ4v) is 1.67. The maximum absolute atomic E-state index is 8.95. The number of nitriles is 1. The van der Waals surface area contributed by atoms with E-state index >= 15 is 0 Å². The molecule has 0 N–H and O–H groups in total. The fourth-order valence-electron chi connectivity index (χ4n) is 1.67. The van der Waals surface area contributed by atoms with Crippen LogP contribution in [0.1, 0.15) is 11.1 Å².